The zero-order chi connectivity index (χ0) is 44.0. The van der Waals surface area contributed by atoms with Gasteiger partial charge in [0.25, 0.3) is 5.91 Å². The van der Waals surface area contributed by atoms with Crippen LogP contribution in [0.25, 0.3) is 0 Å². The third-order valence-corrected chi connectivity index (χ3v) is 13.4. The molecule has 2 radical (unpaired) electrons. The minimum absolute atomic E-state index is 0.0328. The van der Waals surface area contributed by atoms with Crippen LogP contribution < -0.4 is 5.32 Å². The van der Waals surface area contributed by atoms with Gasteiger partial charge in [-0.05, 0) is 67.0 Å². The van der Waals surface area contributed by atoms with Crippen molar-refractivity contribution in [2.45, 2.75) is 82.7 Å². The van der Waals surface area contributed by atoms with Crippen LogP contribution in [0.4, 0.5) is 0 Å². The Balaban J connectivity index is 1.22. The molecule has 3 aromatic carbocycles. The molecule has 2 heterocycles. The number of aromatic nitrogens is 1. The molecule has 1 aliphatic heterocycles. The minimum atomic E-state index is -2.06. The summed E-state index contributed by atoms with van der Waals surface area (Å²) in [6.45, 7) is 6.91. The number of carbonyl (C=O) groups is 5. The van der Waals surface area contributed by atoms with E-state index in [4.69, 9.17) is 18.9 Å². The zero-order valence-electron chi connectivity index (χ0n) is 34.7. The molecule has 62 heavy (non-hydrogen) atoms. The van der Waals surface area contributed by atoms with Crippen molar-refractivity contribution in [2.24, 2.45) is 16.7 Å². The molecule has 3 aliphatic carbocycles. The van der Waals surface area contributed by atoms with Crippen LogP contribution in [0.2, 0.25) is 0 Å². The Morgan fingerprint density at radius 2 is 1.47 bits per heavy atom. The number of rotatable bonds is 10. The molecule has 320 valence electrons. The lowest BCUT2D eigenvalue weighted by atomic mass is 9.46. The van der Waals surface area contributed by atoms with Crippen LogP contribution in [0.1, 0.15) is 83.2 Å². The average Bonchev–Trinajstić information content (AvgIpc) is 3.27. The van der Waals surface area contributed by atoms with Crippen molar-refractivity contribution >= 4 is 29.6 Å². The summed E-state index contributed by atoms with van der Waals surface area (Å²) in [5.74, 6) is -4.06. The first-order valence-corrected chi connectivity index (χ1v) is 20.6. The highest BCUT2D eigenvalue weighted by Crippen LogP contribution is 2.62. The van der Waals surface area contributed by atoms with E-state index in [1.54, 1.807) is 119 Å². The van der Waals surface area contributed by atoms with E-state index >= 15 is 0 Å². The van der Waals surface area contributed by atoms with E-state index in [2.05, 4.69) is 10.3 Å². The van der Waals surface area contributed by atoms with Crippen LogP contribution in [0.3, 0.4) is 0 Å². The van der Waals surface area contributed by atoms with Crippen molar-refractivity contribution < 1.29 is 53.1 Å². The van der Waals surface area contributed by atoms with Gasteiger partial charge in [-0.1, -0.05) is 80.6 Å². The number of esters is 3. The fraction of sp³-hybridized carbons (Fsp3) is 0.347. The van der Waals surface area contributed by atoms with Crippen molar-refractivity contribution in [3.05, 3.63) is 161 Å². The SMILES string of the molecule is CC1=C2[CH]C(=O)[C@]3(C)[C@@H](O)C[C@H]4OC[C]4[C@H]3[C@H](OC(=O)c3ccccc3)[C@](O)(C[C@@H]1OC(=O)[C@H](OC(=O)c1cccnc1)[C@@H](NC(=O)c1ccccc1)c1ccccc1)C2(C)C. The molecule has 1 aromatic heterocycles. The Bertz CT molecular complexity index is 2370. The summed E-state index contributed by atoms with van der Waals surface area (Å²) in [5, 5.41) is 28.1. The number of hydrogen-bond acceptors (Lipinski definition) is 12. The molecule has 4 aliphatic rings. The van der Waals surface area contributed by atoms with E-state index in [1.165, 1.54) is 30.9 Å². The molecule has 9 atom stereocenters. The number of carbonyl (C=O) groups excluding carboxylic acids is 5. The van der Waals surface area contributed by atoms with Crippen LogP contribution in [0, 0.1) is 29.1 Å². The summed E-state index contributed by atoms with van der Waals surface area (Å²) >= 11 is 0. The van der Waals surface area contributed by atoms with Crippen LogP contribution in [0.15, 0.2) is 127 Å². The van der Waals surface area contributed by atoms with Gasteiger partial charge in [-0.3, -0.25) is 14.6 Å². The summed E-state index contributed by atoms with van der Waals surface area (Å²) in [7, 11) is 0. The van der Waals surface area contributed by atoms with Crippen LogP contribution in [0.5, 0.6) is 0 Å². The summed E-state index contributed by atoms with van der Waals surface area (Å²) in [4.78, 5) is 75.4. The normalized spacial score (nSPS) is 28.6. The number of amides is 1. The maximum atomic E-state index is 14.9. The Labute approximate surface area is 359 Å². The van der Waals surface area contributed by atoms with Gasteiger partial charge in [0.2, 0.25) is 6.10 Å². The number of aliphatic hydroxyl groups is 2. The summed E-state index contributed by atoms with van der Waals surface area (Å²) < 4.78 is 24.6. The predicted octanol–water partition coefficient (Wildman–Crippen LogP) is 5.54. The van der Waals surface area contributed by atoms with Gasteiger partial charge in [0.05, 0.1) is 41.8 Å². The first-order valence-electron chi connectivity index (χ1n) is 20.6. The number of ether oxygens (including phenoxy) is 4. The van der Waals surface area contributed by atoms with Crippen molar-refractivity contribution in [3.63, 3.8) is 0 Å². The first kappa shape index (κ1) is 42.7. The maximum Gasteiger partial charge on any atom is 0.350 e. The summed E-state index contributed by atoms with van der Waals surface area (Å²) in [5.41, 5.74) is -3.26. The van der Waals surface area contributed by atoms with Gasteiger partial charge in [-0.2, -0.15) is 0 Å². The third-order valence-electron chi connectivity index (χ3n) is 13.4. The fourth-order valence-corrected chi connectivity index (χ4v) is 9.58. The lowest BCUT2D eigenvalue weighted by molar-refractivity contribution is -0.231. The van der Waals surface area contributed by atoms with E-state index in [9.17, 15) is 34.2 Å². The number of aliphatic hydroxyl groups excluding tert-OH is 1. The quantitative estimate of drug-likeness (QED) is 0.134. The molecule has 13 heteroatoms. The monoisotopic (exact) mass is 840 g/mol. The number of hydrogen-bond donors (Lipinski definition) is 3. The van der Waals surface area contributed by atoms with E-state index in [-0.39, 0.29) is 36.1 Å². The third kappa shape index (κ3) is 7.41. The van der Waals surface area contributed by atoms with Crippen molar-refractivity contribution in [2.75, 3.05) is 6.61 Å². The van der Waals surface area contributed by atoms with E-state index in [0.717, 1.165) is 5.92 Å². The number of fused-ring (bicyclic) bond motifs is 5. The Morgan fingerprint density at radius 3 is 2.08 bits per heavy atom. The fourth-order valence-electron chi connectivity index (χ4n) is 9.58. The molecule has 0 unspecified atom stereocenters. The highest BCUT2D eigenvalue weighted by Gasteiger charge is 2.71. The van der Waals surface area contributed by atoms with Gasteiger partial charge in [0.15, 0.2) is 0 Å². The van der Waals surface area contributed by atoms with Gasteiger partial charge < -0.3 is 34.5 Å². The minimum Gasteiger partial charge on any atom is -0.455 e. The molecule has 4 aromatic rings. The molecule has 3 fully saturated rings. The highest BCUT2D eigenvalue weighted by molar-refractivity contribution is 5.98. The molecule has 8 rings (SSSR count). The molecular weight excluding hydrogens is 793 g/mol. The number of Topliss-reactive ketones (excluding diaryl/α,β-unsaturated/α-hetero) is 1. The molecule has 1 saturated heterocycles. The second kappa shape index (κ2) is 16.7. The molecule has 2 saturated carbocycles. The average molecular weight is 841 g/mol. The summed E-state index contributed by atoms with van der Waals surface area (Å²) in [6.07, 6.45) is -2.35. The lowest BCUT2D eigenvalue weighted by Gasteiger charge is -2.63. The van der Waals surface area contributed by atoms with Crippen molar-refractivity contribution in [1.82, 2.24) is 10.3 Å². The molecule has 2 bridgehead atoms. The van der Waals surface area contributed by atoms with Gasteiger partial charge in [-0.25, -0.2) is 14.4 Å². The molecule has 13 nitrogen and oxygen atoms in total. The van der Waals surface area contributed by atoms with Crippen molar-refractivity contribution in [3.8, 4) is 0 Å². The molecule has 1 amide bonds. The number of pyridine rings is 1. The Morgan fingerprint density at radius 1 is 0.839 bits per heavy atom. The van der Waals surface area contributed by atoms with Crippen LogP contribution >= 0.6 is 0 Å². The second-order valence-electron chi connectivity index (χ2n) is 17.2. The first-order chi connectivity index (χ1) is 29.6. The number of ketones is 1. The van der Waals surface area contributed by atoms with Gasteiger partial charge in [0.1, 0.15) is 29.6 Å². The van der Waals surface area contributed by atoms with Crippen molar-refractivity contribution in [1.29, 1.82) is 0 Å². The zero-order valence-corrected chi connectivity index (χ0v) is 34.7. The summed E-state index contributed by atoms with van der Waals surface area (Å²) in [6, 6.07) is 26.8. The van der Waals surface area contributed by atoms with Crippen LogP contribution in [-0.4, -0.2) is 87.5 Å². The van der Waals surface area contributed by atoms with Gasteiger partial charge >= 0.3 is 17.9 Å². The second-order valence-corrected chi connectivity index (χ2v) is 17.2. The standard InChI is InChI=1S/C49H48N2O11/c1-28-34-23-37(52)48(4)38(53)24-35-33(27-59-35)39(48)42(62-44(55)31-19-12-7-13-20-31)49(58,47(34,2)3)25-36(28)60-46(57)41(61-45(56)32-21-14-22-50-26-32)40(29-15-8-5-9-16-29)51-43(54)30-17-10-6-11-18-30/h5-23,26,35-36,38-42,53,58H,24-25,27H2,1-4H3,(H,51,54)/t35-,36+,38+,39+,40+,41-,42+,48-,49-/m1/s1. The van der Waals surface area contributed by atoms with Crippen LogP contribution in [-0.2, 0) is 28.5 Å². The molecular formula is C49H48N2O11. The predicted molar refractivity (Wildman–Crippen MR) is 223 cm³/mol. The number of nitrogens with zero attached hydrogens (tertiary/aromatic N) is 1. The Hall–Kier alpha value is -6.02. The largest absolute Gasteiger partial charge is 0.455 e. The van der Waals surface area contributed by atoms with E-state index in [0.29, 0.717) is 16.7 Å². The number of nitrogens with one attached hydrogen (secondary N) is 1. The topological polar surface area (TPSA) is 188 Å². The molecule has 0 spiro atoms. The smallest absolute Gasteiger partial charge is 0.350 e. The highest BCUT2D eigenvalue weighted by atomic mass is 16.6. The molecule has 3 N–H and O–H groups in total. The van der Waals surface area contributed by atoms with E-state index in [1.807, 2.05) is 0 Å². The van der Waals surface area contributed by atoms with E-state index < -0.39 is 88.5 Å². The van der Waals surface area contributed by atoms with Gasteiger partial charge in [0, 0.05) is 48.0 Å². The maximum absolute atomic E-state index is 14.9. The van der Waals surface area contributed by atoms with Gasteiger partial charge in [-0.15, -0.1) is 0 Å². The Kier molecular flexibility index (Phi) is 11.5. The lowest BCUT2D eigenvalue weighted by Crippen LogP contribution is -2.72. The number of benzene rings is 3.